The third-order valence-electron chi connectivity index (χ3n) is 5.49. The number of rotatable bonds is 4. The van der Waals surface area contributed by atoms with Crippen molar-refractivity contribution >= 4 is 17.4 Å². The monoisotopic (exact) mass is 436 g/mol. The molecule has 0 spiro atoms. The Labute approximate surface area is 177 Å². The molecule has 166 valence electrons. The summed E-state index contributed by atoms with van der Waals surface area (Å²) < 4.78 is 53.0. The zero-order valence-electron chi connectivity index (χ0n) is 17.6. The van der Waals surface area contributed by atoms with E-state index < -0.39 is 17.7 Å². The number of aromatic nitrogens is 2. The van der Waals surface area contributed by atoms with Gasteiger partial charge in [-0.25, -0.2) is 9.37 Å². The van der Waals surface area contributed by atoms with Gasteiger partial charge in [-0.3, -0.25) is 9.78 Å². The first-order valence-corrected chi connectivity index (χ1v) is 10.2. The fourth-order valence-electron chi connectivity index (χ4n) is 3.99. The molecule has 2 aromatic rings. The van der Waals surface area contributed by atoms with E-state index in [0.717, 1.165) is 18.2 Å². The van der Waals surface area contributed by atoms with Gasteiger partial charge in [0.1, 0.15) is 5.69 Å². The van der Waals surface area contributed by atoms with Crippen molar-refractivity contribution in [3.63, 3.8) is 0 Å². The largest absolute Gasteiger partial charge is 0.433 e. The number of nitrogens with zero attached hydrogens (tertiary/aromatic N) is 3. The minimum absolute atomic E-state index is 0.0725. The number of halogens is 4. The van der Waals surface area contributed by atoms with Gasteiger partial charge < -0.3 is 10.2 Å². The van der Waals surface area contributed by atoms with Gasteiger partial charge in [0, 0.05) is 37.7 Å². The molecule has 1 saturated carbocycles. The molecule has 0 unspecified atom stereocenters. The van der Waals surface area contributed by atoms with Crippen molar-refractivity contribution in [1.29, 1.82) is 0 Å². The number of pyridine rings is 2. The van der Waals surface area contributed by atoms with E-state index in [0.29, 0.717) is 30.3 Å². The van der Waals surface area contributed by atoms with Gasteiger partial charge in [0.25, 0.3) is 0 Å². The summed E-state index contributed by atoms with van der Waals surface area (Å²) in [7, 11) is 0. The highest BCUT2D eigenvalue weighted by Crippen LogP contribution is 2.54. The van der Waals surface area contributed by atoms with E-state index in [9.17, 15) is 22.4 Å². The number of carbonyl (C=O) groups excluding carboxylic acids is 1. The first-order chi connectivity index (χ1) is 14.4. The molecule has 1 N–H and O–H groups in total. The third-order valence-corrected chi connectivity index (χ3v) is 5.49. The van der Waals surface area contributed by atoms with E-state index in [1.54, 1.807) is 0 Å². The molecule has 0 saturated heterocycles. The van der Waals surface area contributed by atoms with Crippen molar-refractivity contribution in [1.82, 2.24) is 9.97 Å². The lowest BCUT2D eigenvalue weighted by Gasteiger charge is -2.31. The number of amides is 1. The number of nitrogens with one attached hydrogen (secondary N) is 1. The maximum absolute atomic E-state index is 14.8. The van der Waals surface area contributed by atoms with Crippen LogP contribution >= 0.6 is 0 Å². The molecular weight excluding hydrogens is 412 g/mol. The predicted molar refractivity (Wildman–Crippen MR) is 108 cm³/mol. The Hall–Kier alpha value is -2.71. The molecule has 3 heterocycles. The van der Waals surface area contributed by atoms with Gasteiger partial charge in [-0.2, -0.15) is 13.2 Å². The average Bonchev–Trinajstić information content (AvgIpc) is 3.40. The zero-order valence-corrected chi connectivity index (χ0v) is 17.6. The molecule has 2 aliphatic rings. The molecule has 31 heavy (non-hydrogen) atoms. The van der Waals surface area contributed by atoms with Crippen LogP contribution in [0.4, 0.5) is 29.1 Å². The van der Waals surface area contributed by atoms with Gasteiger partial charge in [-0.15, -0.1) is 0 Å². The number of hydrogen-bond donors (Lipinski definition) is 1. The minimum Gasteiger partial charge on any atom is -0.365 e. The molecule has 2 aromatic heterocycles. The van der Waals surface area contributed by atoms with Crippen LogP contribution in [0.3, 0.4) is 0 Å². The van der Waals surface area contributed by atoms with Crippen LogP contribution in [0, 0.1) is 17.2 Å². The lowest BCUT2D eigenvalue weighted by molar-refractivity contribution is -0.141. The van der Waals surface area contributed by atoms with E-state index in [1.807, 2.05) is 25.7 Å². The molecule has 4 rings (SSSR count). The van der Waals surface area contributed by atoms with E-state index in [2.05, 4.69) is 15.3 Å². The fourth-order valence-corrected chi connectivity index (χ4v) is 3.99. The van der Waals surface area contributed by atoms with Crippen molar-refractivity contribution in [3.05, 3.63) is 47.2 Å². The Morgan fingerprint density at radius 3 is 2.61 bits per heavy atom. The molecule has 1 aliphatic carbocycles. The number of hydrogen-bond acceptors (Lipinski definition) is 4. The van der Waals surface area contributed by atoms with E-state index >= 15 is 0 Å². The van der Waals surface area contributed by atoms with Crippen molar-refractivity contribution < 1.29 is 22.4 Å². The second-order valence-electron chi connectivity index (χ2n) is 9.54. The van der Waals surface area contributed by atoms with Crippen molar-refractivity contribution in [2.24, 2.45) is 11.3 Å². The normalized spacial score (nSPS) is 20.2. The molecule has 1 fully saturated rings. The second-order valence-corrected chi connectivity index (χ2v) is 9.54. The van der Waals surface area contributed by atoms with Crippen molar-refractivity contribution in [2.75, 3.05) is 16.8 Å². The van der Waals surface area contributed by atoms with Crippen molar-refractivity contribution in [2.45, 2.75) is 52.3 Å². The smallest absolute Gasteiger partial charge is 0.365 e. The van der Waals surface area contributed by atoms with Gasteiger partial charge in [-0.1, -0.05) is 26.8 Å². The molecule has 0 aromatic carbocycles. The van der Waals surface area contributed by atoms with Crippen LogP contribution in [0.15, 0.2) is 24.4 Å². The summed E-state index contributed by atoms with van der Waals surface area (Å²) in [5, 5.41) is 2.58. The predicted octanol–water partition coefficient (Wildman–Crippen LogP) is 5.13. The van der Waals surface area contributed by atoms with Crippen LogP contribution in [0.25, 0.3) is 0 Å². The summed E-state index contributed by atoms with van der Waals surface area (Å²) >= 11 is 0. The summed E-state index contributed by atoms with van der Waals surface area (Å²) in [6, 6.07) is 3.70. The van der Waals surface area contributed by atoms with Crippen LogP contribution in [0.2, 0.25) is 0 Å². The van der Waals surface area contributed by atoms with Gasteiger partial charge in [0.15, 0.2) is 11.6 Å². The molecule has 9 heteroatoms. The quantitative estimate of drug-likeness (QED) is 0.675. The lowest BCUT2D eigenvalue weighted by atomic mass is 9.92. The second kappa shape index (κ2) is 7.46. The first kappa shape index (κ1) is 21.5. The van der Waals surface area contributed by atoms with Gasteiger partial charge in [0.2, 0.25) is 5.91 Å². The zero-order chi connectivity index (χ0) is 22.6. The van der Waals surface area contributed by atoms with Crippen LogP contribution < -0.4 is 10.2 Å². The van der Waals surface area contributed by atoms with Crippen molar-refractivity contribution in [3.8, 4) is 0 Å². The maximum Gasteiger partial charge on any atom is 0.433 e. The summed E-state index contributed by atoms with van der Waals surface area (Å²) in [6.45, 7) is 6.75. The summed E-state index contributed by atoms with van der Waals surface area (Å²) in [6.07, 6.45) is -2.13. The summed E-state index contributed by atoms with van der Waals surface area (Å²) in [4.78, 5) is 22.1. The standard InChI is InChI=1S/C22H24F4N4O/c1-21(2,3)8-18(31)28-20-15(23)7-16-19(29-20)14-6-13(14)11-30(16)10-12-4-5-17(27-9-12)22(24,25)26/h4-5,7,9,13-14H,6,8,10-11H2,1-3H3,(H,28,29,31)/t13-,14-/m0/s1. The van der Waals surface area contributed by atoms with Crippen LogP contribution in [-0.2, 0) is 17.5 Å². The molecule has 1 aliphatic heterocycles. The number of carbonyl (C=O) groups is 1. The Balaban J connectivity index is 1.55. The van der Waals surface area contributed by atoms with E-state index in [4.69, 9.17) is 0 Å². The van der Waals surface area contributed by atoms with Crippen LogP contribution in [0.1, 0.15) is 56.5 Å². The van der Waals surface area contributed by atoms with Crippen LogP contribution in [-0.4, -0.2) is 22.4 Å². The molecule has 0 bridgehead atoms. The first-order valence-electron chi connectivity index (χ1n) is 10.2. The topological polar surface area (TPSA) is 58.1 Å². The highest BCUT2D eigenvalue weighted by molar-refractivity contribution is 5.90. The Kier molecular flexibility index (Phi) is 5.18. The number of anilines is 2. The highest BCUT2D eigenvalue weighted by Gasteiger charge is 2.46. The summed E-state index contributed by atoms with van der Waals surface area (Å²) in [5.74, 6) is -0.413. The molecule has 0 radical (unpaired) electrons. The maximum atomic E-state index is 14.8. The number of fused-ring (bicyclic) bond motifs is 3. The van der Waals surface area contributed by atoms with Crippen LogP contribution in [0.5, 0.6) is 0 Å². The van der Waals surface area contributed by atoms with E-state index in [-0.39, 0.29) is 29.5 Å². The number of alkyl halides is 3. The average molecular weight is 436 g/mol. The van der Waals surface area contributed by atoms with Gasteiger partial charge in [-0.05, 0) is 29.4 Å². The summed E-state index contributed by atoms with van der Waals surface area (Å²) in [5.41, 5.74) is 0.763. The lowest BCUT2D eigenvalue weighted by Crippen LogP contribution is -2.30. The van der Waals surface area contributed by atoms with Gasteiger partial charge >= 0.3 is 6.18 Å². The minimum atomic E-state index is -4.49. The fraction of sp³-hybridized carbons (Fsp3) is 0.500. The Morgan fingerprint density at radius 1 is 1.26 bits per heavy atom. The Bertz CT molecular complexity index is 998. The highest BCUT2D eigenvalue weighted by atomic mass is 19.4. The third kappa shape index (κ3) is 4.80. The molecule has 5 nitrogen and oxygen atoms in total. The van der Waals surface area contributed by atoms with Gasteiger partial charge in [0.05, 0.1) is 11.4 Å². The SMILES string of the molecule is CC(C)(C)CC(=O)Nc1nc2c(cc1F)N(Cc1ccc(C(F)(F)F)nc1)C[C@@H]1C[C@H]21. The Morgan fingerprint density at radius 2 is 2.00 bits per heavy atom. The van der Waals surface area contributed by atoms with E-state index in [1.165, 1.54) is 18.3 Å². The molecular formula is C22H24F4N4O. The molecule has 1 amide bonds. The molecule has 2 atom stereocenters.